The molecule has 2 heterocycles. The largest absolute Gasteiger partial charge is 0.497 e. The molecule has 0 amide bonds. The van der Waals surface area contributed by atoms with Gasteiger partial charge in [0, 0.05) is 24.7 Å². The summed E-state index contributed by atoms with van der Waals surface area (Å²) < 4.78 is 16.8. The maximum absolute atomic E-state index is 9.55. The van der Waals surface area contributed by atoms with Gasteiger partial charge in [-0.1, -0.05) is 12.5 Å². The molecule has 2 N–H and O–H groups in total. The van der Waals surface area contributed by atoms with Gasteiger partial charge in [-0.2, -0.15) is 0 Å². The van der Waals surface area contributed by atoms with Gasteiger partial charge >= 0.3 is 11.9 Å². The molecule has 1 atom stereocenters. The summed E-state index contributed by atoms with van der Waals surface area (Å²) >= 11 is 0. The van der Waals surface area contributed by atoms with Crippen LogP contribution in [-0.4, -0.2) is 61.0 Å². The lowest BCUT2D eigenvalue weighted by Crippen LogP contribution is -2.43. The van der Waals surface area contributed by atoms with Crippen molar-refractivity contribution in [2.75, 3.05) is 27.9 Å². The minimum absolute atomic E-state index is 0.558. The van der Waals surface area contributed by atoms with Crippen LogP contribution in [0.25, 0.3) is 21.5 Å². The molecule has 0 bridgehead atoms. The van der Waals surface area contributed by atoms with Crippen LogP contribution in [0.15, 0.2) is 42.5 Å². The molecule has 190 valence electrons. The molecule has 1 unspecified atom stereocenters. The van der Waals surface area contributed by atoms with E-state index >= 15 is 0 Å². The van der Waals surface area contributed by atoms with E-state index in [2.05, 4.69) is 35.2 Å². The van der Waals surface area contributed by atoms with Crippen molar-refractivity contribution < 1.29 is 34.0 Å². The maximum atomic E-state index is 9.55. The fourth-order valence-corrected chi connectivity index (χ4v) is 5.31. The second-order valence-electron chi connectivity index (χ2n) is 8.96. The van der Waals surface area contributed by atoms with Crippen molar-refractivity contribution in [3.8, 4) is 17.2 Å². The lowest BCUT2D eigenvalue weighted by atomic mass is 9.82. The van der Waals surface area contributed by atoms with Gasteiger partial charge < -0.3 is 24.4 Å². The Bertz CT molecular complexity index is 1310. The molecular weight excluding hydrogens is 462 g/mol. The van der Waals surface area contributed by atoms with E-state index in [1.54, 1.807) is 21.3 Å². The van der Waals surface area contributed by atoms with E-state index in [0.717, 1.165) is 30.2 Å². The zero-order valence-corrected chi connectivity index (χ0v) is 20.7. The average molecular weight is 494 g/mol. The van der Waals surface area contributed by atoms with Crippen LogP contribution in [0.4, 0.5) is 0 Å². The molecule has 2 aliphatic heterocycles. The number of rotatable bonds is 5. The van der Waals surface area contributed by atoms with Crippen molar-refractivity contribution in [2.24, 2.45) is 0 Å². The van der Waals surface area contributed by atoms with Gasteiger partial charge in [0.05, 0.1) is 21.3 Å². The molecule has 3 aromatic rings. The van der Waals surface area contributed by atoms with Gasteiger partial charge in [-0.25, -0.2) is 9.59 Å². The normalized spacial score (nSPS) is 17.1. The highest BCUT2D eigenvalue weighted by atomic mass is 16.5. The van der Waals surface area contributed by atoms with Crippen molar-refractivity contribution in [1.82, 2.24) is 4.90 Å². The number of benzene rings is 3. The van der Waals surface area contributed by atoms with Crippen LogP contribution in [0.1, 0.15) is 30.4 Å². The molecule has 5 rings (SSSR count). The molecule has 1 saturated heterocycles. The van der Waals surface area contributed by atoms with E-state index < -0.39 is 11.9 Å². The number of hydrogen-bond donors (Lipinski definition) is 2. The van der Waals surface area contributed by atoms with E-state index in [1.165, 1.54) is 58.5 Å². The lowest BCUT2D eigenvalue weighted by Gasteiger charge is -2.41. The Morgan fingerprint density at radius 3 is 2.08 bits per heavy atom. The molecule has 0 aliphatic carbocycles. The van der Waals surface area contributed by atoms with Crippen molar-refractivity contribution in [3.63, 3.8) is 0 Å². The first kappa shape index (κ1) is 25.3. The summed E-state index contributed by atoms with van der Waals surface area (Å²) in [5, 5.41) is 20.7. The predicted octanol–water partition coefficient (Wildman–Crippen LogP) is 4.64. The number of hydrogen-bond acceptors (Lipinski definition) is 6. The third-order valence-electron chi connectivity index (χ3n) is 6.97. The summed E-state index contributed by atoms with van der Waals surface area (Å²) in [6.07, 6.45) is 6.21. The van der Waals surface area contributed by atoms with Crippen molar-refractivity contribution in [3.05, 3.63) is 53.6 Å². The Morgan fingerprint density at radius 1 is 0.833 bits per heavy atom. The summed E-state index contributed by atoms with van der Waals surface area (Å²) in [4.78, 5) is 21.8. The standard InChI is InChI=1S/C24H27NO3.C4H4O4/c1-26-16-7-8-17-18-10-15-6-4-5-9-25(15)14-22(18)21-13-24(28-3)23(27-2)12-20(21)19(17)11-16;5-3(6)1-2-4(7)8/h7-8,11-13,15H,4-6,9-10,14H2,1-3H3;1-2H,(H,5,6)(H,7,8)/b;2-1+. The minimum atomic E-state index is -1.26. The van der Waals surface area contributed by atoms with Crippen LogP contribution in [0.2, 0.25) is 0 Å². The van der Waals surface area contributed by atoms with Gasteiger partial charge in [-0.05, 0) is 82.7 Å². The van der Waals surface area contributed by atoms with Gasteiger partial charge in [0.1, 0.15) is 5.75 Å². The number of aliphatic carboxylic acids is 2. The van der Waals surface area contributed by atoms with Crippen LogP contribution in [-0.2, 0) is 22.6 Å². The number of carboxylic acids is 2. The molecule has 36 heavy (non-hydrogen) atoms. The third kappa shape index (κ3) is 5.09. The summed E-state index contributed by atoms with van der Waals surface area (Å²) in [5.41, 5.74) is 2.95. The van der Waals surface area contributed by atoms with Crippen molar-refractivity contribution in [1.29, 1.82) is 0 Å². The Morgan fingerprint density at radius 2 is 1.47 bits per heavy atom. The highest BCUT2D eigenvalue weighted by Gasteiger charge is 2.31. The smallest absolute Gasteiger partial charge is 0.328 e. The zero-order valence-electron chi connectivity index (χ0n) is 20.7. The summed E-state index contributed by atoms with van der Waals surface area (Å²) in [5.74, 6) is -0.0654. The second-order valence-corrected chi connectivity index (χ2v) is 8.96. The predicted molar refractivity (Wildman–Crippen MR) is 137 cm³/mol. The number of nitrogens with zero attached hydrogens (tertiary/aromatic N) is 1. The Balaban J connectivity index is 0.000000331. The van der Waals surface area contributed by atoms with E-state index in [0.29, 0.717) is 18.2 Å². The highest BCUT2D eigenvalue weighted by Crippen LogP contribution is 2.44. The van der Waals surface area contributed by atoms with Crippen molar-refractivity contribution >= 4 is 33.5 Å². The summed E-state index contributed by atoms with van der Waals surface area (Å²) in [7, 11) is 5.13. The fourth-order valence-electron chi connectivity index (χ4n) is 5.31. The monoisotopic (exact) mass is 493 g/mol. The lowest BCUT2D eigenvalue weighted by molar-refractivity contribution is -0.134. The van der Waals surface area contributed by atoms with E-state index in [9.17, 15) is 9.59 Å². The summed E-state index contributed by atoms with van der Waals surface area (Å²) in [6.45, 7) is 2.23. The fraction of sp³-hybridized carbons (Fsp3) is 0.357. The Hall–Kier alpha value is -3.78. The van der Waals surface area contributed by atoms with Crippen LogP contribution in [0, 0.1) is 0 Å². The first-order valence-corrected chi connectivity index (χ1v) is 11.9. The number of fused-ring (bicyclic) bond motifs is 7. The van der Waals surface area contributed by atoms with Gasteiger partial charge in [0.15, 0.2) is 11.5 Å². The Kier molecular flexibility index (Phi) is 7.64. The number of carbonyl (C=O) groups is 2. The minimum Gasteiger partial charge on any atom is -0.497 e. The van der Waals surface area contributed by atoms with Gasteiger partial charge in [0.25, 0.3) is 0 Å². The highest BCUT2D eigenvalue weighted by molar-refractivity contribution is 6.12. The van der Waals surface area contributed by atoms with E-state index in [4.69, 9.17) is 24.4 Å². The molecule has 2 aliphatic rings. The van der Waals surface area contributed by atoms with Crippen LogP contribution in [0.5, 0.6) is 17.2 Å². The quantitative estimate of drug-likeness (QED) is 0.391. The molecule has 0 radical (unpaired) electrons. The third-order valence-corrected chi connectivity index (χ3v) is 6.97. The SMILES string of the molecule is COc1ccc2c3c(c4cc(OC)c(OC)cc4c2c1)CN1CCCCC1C3.O=C(O)/C=C/C(=O)O. The van der Waals surface area contributed by atoms with Gasteiger partial charge in [-0.3, -0.25) is 4.90 Å². The summed E-state index contributed by atoms with van der Waals surface area (Å²) in [6, 6.07) is 11.4. The molecule has 8 nitrogen and oxygen atoms in total. The number of piperidine rings is 1. The molecular formula is C28H31NO7. The van der Waals surface area contributed by atoms with Crippen LogP contribution >= 0.6 is 0 Å². The van der Waals surface area contributed by atoms with E-state index in [1.807, 2.05) is 0 Å². The number of carboxylic acid groups (broad SMARTS) is 2. The topological polar surface area (TPSA) is 106 Å². The molecule has 1 fully saturated rings. The second kappa shape index (κ2) is 10.9. The van der Waals surface area contributed by atoms with Gasteiger partial charge in [-0.15, -0.1) is 0 Å². The molecule has 0 saturated carbocycles. The molecule has 0 spiro atoms. The number of methoxy groups -OCH3 is 3. The maximum Gasteiger partial charge on any atom is 0.328 e. The van der Waals surface area contributed by atoms with Crippen LogP contribution < -0.4 is 14.2 Å². The van der Waals surface area contributed by atoms with Gasteiger partial charge in [0.2, 0.25) is 0 Å². The number of ether oxygens (including phenoxy) is 3. The molecule has 3 aromatic carbocycles. The molecule has 8 heteroatoms. The first-order valence-electron chi connectivity index (χ1n) is 11.9. The molecule has 0 aromatic heterocycles. The van der Waals surface area contributed by atoms with Crippen molar-refractivity contribution in [2.45, 2.75) is 38.3 Å². The van der Waals surface area contributed by atoms with E-state index in [-0.39, 0.29) is 0 Å². The Labute approximate surface area is 209 Å². The average Bonchev–Trinajstić information content (AvgIpc) is 2.90. The van der Waals surface area contributed by atoms with Crippen LogP contribution in [0.3, 0.4) is 0 Å². The zero-order chi connectivity index (χ0) is 25.8. The first-order chi connectivity index (χ1) is 17.4.